The number of hydrogen-bond donors (Lipinski definition) is 2. The first-order valence-corrected chi connectivity index (χ1v) is 9.56. The number of aliphatic imine (C=N–C) groups is 1. The molecule has 0 unspecified atom stereocenters. The number of fused-ring (bicyclic) bond motifs is 2. The summed E-state index contributed by atoms with van der Waals surface area (Å²) in [7, 11) is 0. The van der Waals surface area contributed by atoms with Crippen LogP contribution >= 0.6 is 0 Å². The molecule has 0 fully saturated rings. The number of rotatable bonds is 4. The fourth-order valence-corrected chi connectivity index (χ4v) is 3.10. The van der Waals surface area contributed by atoms with Crippen molar-refractivity contribution in [2.45, 2.75) is 6.54 Å². The van der Waals surface area contributed by atoms with Crippen LogP contribution in [0.15, 0.2) is 65.9 Å². The van der Waals surface area contributed by atoms with Crippen LogP contribution in [0.1, 0.15) is 15.9 Å². The van der Waals surface area contributed by atoms with Gasteiger partial charge in [-0.15, -0.1) is 0 Å². The molecule has 9 heteroatoms. The topological polar surface area (TPSA) is 103 Å². The monoisotopic (exact) mass is 418 g/mol. The zero-order valence-corrected chi connectivity index (χ0v) is 16.3. The molecule has 3 aromatic rings. The van der Waals surface area contributed by atoms with Gasteiger partial charge in [0.05, 0.1) is 6.54 Å². The van der Waals surface area contributed by atoms with E-state index in [-0.39, 0.29) is 19.5 Å². The summed E-state index contributed by atoms with van der Waals surface area (Å²) in [6, 6.07) is 14.1. The molecular weight excluding hydrogens is 400 g/mol. The Kier molecular flexibility index (Phi) is 4.97. The van der Waals surface area contributed by atoms with Crippen molar-refractivity contribution in [1.29, 1.82) is 0 Å². The molecule has 0 bridgehead atoms. The third-order valence-corrected chi connectivity index (χ3v) is 4.67. The van der Waals surface area contributed by atoms with Gasteiger partial charge in [-0.25, -0.2) is 4.99 Å². The van der Waals surface area contributed by atoms with E-state index in [0.29, 0.717) is 46.8 Å². The van der Waals surface area contributed by atoms with Crippen molar-refractivity contribution in [3.8, 4) is 23.0 Å². The molecule has 31 heavy (non-hydrogen) atoms. The Morgan fingerprint density at radius 2 is 1.55 bits per heavy atom. The molecule has 0 aliphatic carbocycles. The largest absolute Gasteiger partial charge is 0.454 e. The quantitative estimate of drug-likeness (QED) is 0.496. The Morgan fingerprint density at radius 1 is 0.871 bits per heavy atom. The average Bonchev–Trinajstić information content (AvgIpc) is 3.46. The third-order valence-electron chi connectivity index (χ3n) is 4.67. The zero-order chi connectivity index (χ0) is 21.0. The van der Waals surface area contributed by atoms with Gasteiger partial charge < -0.3 is 24.3 Å². The van der Waals surface area contributed by atoms with Gasteiger partial charge in [0.15, 0.2) is 23.0 Å². The van der Waals surface area contributed by atoms with Gasteiger partial charge in [-0.1, -0.05) is 0 Å². The fraction of sp³-hybridized carbons (Fsp3) is 0.136. The smallest absolute Gasteiger partial charge is 0.258 e. The Hall–Kier alpha value is -4.27. The lowest BCUT2D eigenvalue weighted by Crippen LogP contribution is -2.36. The average molecular weight is 418 g/mol. The summed E-state index contributed by atoms with van der Waals surface area (Å²) in [6.07, 6.45) is 3.39. The number of amides is 1. The second-order valence-corrected chi connectivity index (χ2v) is 6.74. The van der Waals surface area contributed by atoms with E-state index in [2.05, 4.69) is 20.6 Å². The highest BCUT2D eigenvalue weighted by atomic mass is 16.7. The maximum atomic E-state index is 12.9. The summed E-state index contributed by atoms with van der Waals surface area (Å²) >= 11 is 0. The Morgan fingerprint density at radius 3 is 2.32 bits per heavy atom. The molecule has 5 rings (SSSR count). The summed E-state index contributed by atoms with van der Waals surface area (Å²) in [5, 5.41) is 5.97. The number of pyridine rings is 1. The van der Waals surface area contributed by atoms with Gasteiger partial charge in [-0.05, 0) is 48.0 Å². The number of guanidine groups is 1. The molecule has 0 saturated heterocycles. The summed E-state index contributed by atoms with van der Waals surface area (Å²) in [5.41, 5.74) is 2.08. The van der Waals surface area contributed by atoms with E-state index in [0.717, 1.165) is 5.56 Å². The van der Waals surface area contributed by atoms with E-state index in [1.165, 1.54) is 0 Å². The number of aromatic nitrogens is 1. The van der Waals surface area contributed by atoms with Crippen LogP contribution in [-0.4, -0.2) is 30.4 Å². The van der Waals surface area contributed by atoms with Crippen molar-refractivity contribution in [1.82, 2.24) is 10.3 Å². The minimum Gasteiger partial charge on any atom is -0.454 e. The minimum atomic E-state index is -0.333. The summed E-state index contributed by atoms with van der Waals surface area (Å²) in [6.45, 7) is 0.685. The minimum absolute atomic E-state index is 0.144. The van der Waals surface area contributed by atoms with Gasteiger partial charge >= 0.3 is 0 Å². The summed E-state index contributed by atoms with van der Waals surface area (Å²) in [5.74, 6) is 2.40. The van der Waals surface area contributed by atoms with E-state index in [4.69, 9.17) is 18.9 Å². The van der Waals surface area contributed by atoms with E-state index in [1.54, 1.807) is 42.7 Å². The Labute approximate surface area is 177 Å². The van der Waals surface area contributed by atoms with Crippen LogP contribution in [0.25, 0.3) is 0 Å². The molecule has 1 amide bonds. The van der Waals surface area contributed by atoms with Crippen LogP contribution in [0.4, 0.5) is 5.69 Å². The second-order valence-electron chi connectivity index (χ2n) is 6.74. The summed E-state index contributed by atoms with van der Waals surface area (Å²) in [4.78, 5) is 21.4. The number of ether oxygens (including phenoxy) is 4. The predicted molar refractivity (Wildman–Crippen MR) is 112 cm³/mol. The van der Waals surface area contributed by atoms with Gasteiger partial charge in [0, 0.05) is 29.7 Å². The second kappa shape index (κ2) is 8.23. The molecule has 3 heterocycles. The molecule has 0 radical (unpaired) electrons. The standard InChI is InChI=1S/C22H18N4O5/c27-21(15-1-3-17-19(9-15)30-12-28-17)26-22(24-11-14-5-7-23-8-6-14)25-16-2-4-18-20(10-16)31-13-29-18/h1-10H,11-13H2,(H2,24,25,26,27). The molecule has 2 aliphatic heterocycles. The van der Waals surface area contributed by atoms with Gasteiger partial charge in [0.2, 0.25) is 19.5 Å². The number of benzene rings is 2. The Bertz CT molecular complexity index is 1150. The zero-order valence-electron chi connectivity index (χ0n) is 16.3. The van der Waals surface area contributed by atoms with Crippen LogP contribution in [0.3, 0.4) is 0 Å². The van der Waals surface area contributed by atoms with Crippen LogP contribution in [0.5, 0.6) is 23.0 Å². The molecule has 9 nitrogen and oxygen atoms in total. The van der Waals surface area contributed by atoms with Crippen molar-refractivity contribution in [3.63, 3.8) is 0 Å². The number of carbonyl (C=O) groups is 1. The number of carbonyl (C=O) groups excluding carboxylic acids is 1. The van der Waals surface area contributed by atoms with Crippen LogP contribution in [0, 0.1) is 0 Å². The van der Waals surface area contributed by atoms with Crippen molar-refractivity contribution < 1.29 is 23.7 Å². The van der Waals surface area contributed by atoms with Crippen molar-refractivity contribution in [2.24, 2.45) is 4.99 Å². The first kappa shape index (κ1) is 18.7. The molecule has 2 aliphatic rings. The molecule has 1 aromatic heterocycles. The van der Waals surface area contributed by atoms with Crippen molar-refractivity contribution >= 4 is 17.6 Å². The molecule has 0 atom stereocenters. The van der Waals surface area contributed by atoms with Gasteiger partial charge in [-0.3, -0.25) is 15.1 Å². The van der Waals surface area contributed by atoms with Gasteiger partial charge in [0.25, 0.3) is 5.91 Å². The lowest BCUT2D eigenvalue weighted by Gasteiger charge is -2.13. The van der Waals surface area contributed by atoms with Crippen molar-refractivity contribution in [3.05, 3.63) is 72.1 Å². The SMILES string of the molecule is O=C(NC(=NCc1ccncc1)Nc1ccc2c(c1)OCO2)c1ccc2c(c1)OCO2. The number of hydrogen-bond acceptors (Lipinski definition) is 7. The highest BCUT2D eigenvalue weighted by Crippen LogP contribution is 2.34. The molecule has 156 valence electrons. The molecular formula is C22H18N4O5. The number of nitrogens with zero attached hydrogens (tertiary/aromatic N) is 2. The third kappa shape index (κ3) is 4.20. The van der Waals surface area contributed by atoms with Crippen LogP contribution < -0.4 is 29.6 Å². The van der Waals surface area contributed by atoms with Gasteiger partial charge in [-0.2, -0.15) is 0 Å². The lowest BCUT2D eigenvalue weighted by atomic mass is 10.2. The summed E-state index contributed by atoms with van der Waals surface area (Å²) < 4.78 is 21.4. The van der Waals surface area contributed by atoms with E-state index in [9.17, 15) is 4.79 Å². The highest BCUT2D eigenvalue weighted by molar-refractivity contribution is 6.10. The molecule has 0 saturated carbocycles. The maximum absolute atomic E-state index is 12.9. The molecule has 0 spiro atoms. The fourth-order valence-electron chi connectivity index (χ4n) is 3.10. The molecule has 2 aromatic carbocycles. The first-order chi connectivity index (χ1) is 15.2. The number of anilines is 1. The van der Waals surface area contributed by atoms with E-state index < -0.39 is 0 Å². The van der Waals surface area contributed by atoms with Crippen molar-refractivity contribution in [2.75, 3.05) is 18.9 Å². The molecule has 2 N–H and O–H groups in total. The lowest BCUT2D eigenvalue weighted by molar-refractivity contribution is 0.0976. The predicted octanol–water partition coefficient (Wildman–Crippen LogP) is 2.94. The first-order valence-electron chi connectivity index (χ1n) is 9.56. The Balaban J connectivity index is 1.37. The van der Waals surface area contributed by atoms with Crippen LogP contribution in [-0.2, 0) is 6.54 Å². The van der Waals surface area contributed by atoms with E-state index in [1.807, 2.05) is 18.2 Å². The highest BCUT2D eigenvalue weighted by Gasteiger charge is 2.18. The normalized spacial score (nSPS) is 13.7. The van der Waals surface area contributed by atoms with Gasteiger partial charge in [0.1, 0.15) is 0 Å². The van der Waals surface area contributed by atoms with E-state index >= 15 is 0 Å². The maximum Gasteiger partial charge on any atom is 0.258 e. The number of nitrogens with one attached hydrogen (secondary N) is 2. The van der Waals surface area contributed by atoms with Crippen LogP contribution in [0.2, 0.25) is 0 Å².